The Balaban J connectivity index is 1.43. The van der Waals surface area contributed by atoms with Crippen molar-refractivity contribution in [2.75, 3.05) is 11.2 Å². The van der Waals surface area contributed by atoms with Crippen LogP contribution in [0.2, 0.25) is 15.1 Å². The Morgan fingerprint density at radius 2 is 1.97 bits per heavy atom. The molecule has 0 unspecified atom stereocenters. The molecule has 0 saturated heterocycles. The Morgan fingerprint density at radius 3 is 2.76 bits per heavy atom. The molecule has 0 aliphatic heterocycles. The third-order valence-electron chi connectivity index (χ3n) is 3.55. The molecule has 1 amide bonds. The summed E-state index contributed by atoms with van der Waals surface area (Å²) in [6.45, 7) is 0.355. The highest BCUT2D eigenvalue weighted by molar-refractivity contribution is 7.99. The number of thioether (sulfide) groups is 1. The number of carbonyl (C=O) groups is 1. The van der Waals surface area contributed by atoms with Crippen molar-refractivity contribution in [3.63, 3.8) is 0 Å². The van der Waals surface area contributed by atoms with Crippen LogP contribution < -0.4 is 10.7 Å². The van der Waals surface area contributed by atoms with E-state index in [4.69, 9.17) is 34.8 Å². The third kappa shape index (κ3) is 6.64. The van der Waals surface area contributed by atoms with Crippen LogP contribution in [0.15, 0.2) is 52.7 Å². The minimum Gasteiger partial charge on any atom is -0.351 e. The highest BCUT2D eigenvalue weighted by atomic mass is 35.5. The zero-order valence-electron chi connectivity index (χ0n) is 14.8. The van der Waals surface area contributed by atoms with E-state index in [-0.39, 0.29) is 11.7 Å². The highest BCUT2D eigenvalue weighted by Crippen LogP contribution is 2.22. The van der Waals surface area contributed by atoms with Gasteiger partial charge in [0.2, 0.25) is 17.0 Å². The maximum atomic E-state index is 12.0. The van der Waals surface area contributed by atoms with E-state index in [9.17, 15) is 4.79 Å². The summed E-state index contributed by atoms with van der Waals surface area (Å²) in [5.41, 5.74) is 4.36. The van der Waals surface area contributed by atoms with Crippen molar-refractivity contribution in [2.24, 2.45) is 5.10 Å². The van der Waals surface area contributed by atoms with Gasteiger partial charge in [-0.1, -0.05) is 70.8 Å². The standard InChI is InChI=1S/C18H15Cl3N6OS/c19-13-4-2-1-3-12(13)9-23-25-17-24-18(27-26-17)29-10-16(28)22-8-11-5-6-14(20)15(21)7-11/h1-7,9H,8,10H2,(H,22,28)(H2,24,25,26,27)/b23-9+. The Hall–Kier alpha value is -2.26. The minimum absolute atomic E-state index is 0.155. The third-order valence-corrected chi connectivity index (χ3v) is 5.48. The van der Waals surface area contributed by atoms with Crippen LogP contribution in [0.4, 0.5) is 5.95 Å². The molecule has 1 aromatic heterocycles. The predicted molar refractivity (Wildman–Crippen MR) is 118 cm³/mol. The number of halogens is 3. The number of benzene rings is 2. The summed E-state index contributed by atoms with van der Waals surface area (Å²) >= 11 is 19.1. The molecule has 0 saturated carbocycles. The second-order valence-electron chi connectivity index (χ2n) is 5.67. The van der Waals surface area contributed by atoms with Gasteiger partial charge in [0.15, 0.2) is 0 Å². The second kappa shape index (κ2) is 10.5. The lowest BCUT2D eigenvalue weighted by Crippen LogP contribution is -2.24. The molecule has 0 spiro atoms. The number of hydrogen-bond donors (Lipinski definition) is 3. The first kappa shape index (κ1) is 21.4. The lowest BCUT2D eigenvalue weighted by atomic mass is 10.2. The van der Waals surface area contributed by atoms with Gasteiger partial charge in [0.05, 0.1) is 22.0 Å². The number of aromatic nitrogens is 3. The molecule has 0 fully saturated rings. The minimum atomic E-state index is -0.155. The summed E-state index contributed by atoms with van der Waals surface area (Å²) in [5, 5.41) is 15.5. The summed E-state index contributed by atoms with van der Waals surface area (Å²) in [6.07, 6.45) is 1.58. The fourth-order valence-electron chi connectivity index (χ4n) is 2.14. The molecule has 1 heterocycles. The zero-order valence-corrected chi connectivity index (χ0v) is 17.9. The van der Waals surface area contributed by atoms with Crippen LogP contribution in [0, 0.1) is 0 Å². The SMILES string of the molecule is O=C(CSc1n[nH]c(N/N=C/c2ccccc2Cl)n1)NCc1ccc(Cl)c(Cl)c1. The fraction of sp³-hybridized carbons (Fsp3) is 0.111. The molecule has 3 aromatic rings. The maximum absolute atomic E-state index is 12.0. The number of H-pyrrole nitrogens is 1. The van der Waals surface area contributed by atoms with Crippen LogP contribution in [-0.2, 0) is 11.3 Å². The normalized spacial score (nSPS) is 11.0. The number of carbonyl (C=O) groups excluding carboxylic acids is 1. The van der Waals surface area contributed by atoms with Crippen LogP contribution in [0.3, 0.4) is 0 Å². The number of nitrogens with one attached hydrogen (secondary N) is 3. The largest absolute Gasteiger partial charge is 0.351 e. The van der Waals surface area contributed by atoms with Gasteiger partial charge in [-0.05, 0) is 23.8 Å². The molecule has 0 atom stereocenters. The number of hydrazone groups is 1. The van der Waals surface area contributed by atoms with Gasteiger partial charge in [-0.25, -0.2) is 10.5 Å². The van der Waals surface area contributed by atoms with Crippen molar-refractivity contribution in [1.82, 2.24) is 20.5 Å². The van der Waals surface area contributed by atoms with Gasteiger partial charge in [-0.15, -0.1) is 5.10 Å². The number of anilines is 1. The van der Waals surface area contributed by atoms with Crippen molar-refractivity contribution < 1.29 is 4.79 Å². The van der Waals surface area contributed by atoms with Gasteiger partial charge in [-0.3, -0.25) is 4.79 Å². The maximum Gasteiger partial charge on any atom is 0.240 e. The van der Waals surface area contributed by atoms with E-state index in [1.807, 2.05) is 18.2 Å². The number of nitrogens with zero attached hydrogens (tertiary/aromatic N) is 3. The molecule has 0 aliphatic rings. The van der Waals surface area contributed by atoms with Crippen LogP contribution in [0.25, 0.3) is 0 Å². The lowest BCUT2D eigenvalue weighted by Gasteiger charge is -2.05. The molecular weight excluding hydrogens is 455 g/mol. The van der Waals surface area contributed by atoms with Gasteiger partial charge in [0.1, 0.15) is 0 Å². The van der Waals surface area contributed by atoms with Crippen molar-refractivity contribution in [3.05, 3.63) is 68.7 Å². The average molecular weight is 470 g/mol. The van der Waals surface area contributed by atoms with Crippen LogP contribution >= 0.6 is 46.6 Å². The van der Waals surface area contributed by atoms with Crippen molar-refractivity contribution in [3.8, 4) is 0 Å². The molecule has 2 aromatic carbocycles. The van der Waals surface area contributed by atoms with Gasteiger partial charge < -0.3 is 5.32 Å². The monoisotopic (exact) mass is 468 g/mol. The van der Waals surface area contributed by atoms with E-state index < -0.39 is 0 Å². The Kier molecular flexibility index (Phi) is 7.76. The molecule has 3 N–H and O–H groups in total. The topological polar surface area (TPSA) is 95.1 Å². The lowest BCUT2D eigenvalue weighted by molar-refractivity contribution is -0.118. The Morgan fingerprint density at radius 1 is 1.14 bits per heavy atom. The molecule has 7 nitrogen and oxygen atoms in total. The molecule has 150 valence electrons. The van der Waals surface area contributed by atoms with E-state index >= 15 is 0 Å². The first-order chi connectivity index (χ1) is 14.0. The van der Waals surface area contributed by atoms with Crippen LogP contribution in [0.1, 0.15) is 11.1 Å². The van der Waals surface area contributed by atoms with E-state index in [1.165, 1.54) is 11.8 Å². The first-order valence-electron chi connectivity index (χ1n) is 8.30. The number of hydrogen-bond acceptors (Lipinski definition) is 6. The summed E-state index contributed by atoms with van der Waals surface area (Å²) in [6, 6.07) is 12.5. The molecule has 0 radical (unpaired) electrons. The van der Waals surface area contributed by atoms with Crippen molar-refractivity contribution in [2.45, 2.75) is 11.7 Å². The van der Waals surface area contributed by atoms with Gasteiger partial charge >= 0.3 is 0 Å². The number of rotatable bonds is 8. The molecule has 11 heteroatoms. The highest BCUT2D eigenvalue weighted by Gasteiger charge is 2.08. The average Bonchev–Trinajstić information content (AvgIpc) is 3.16. The summed E-state index contributed by atoms with van der Waals surface area (Å²) < 4.78 is 0. The van der Waals surface area contributed by atoms with Gasteiger partial charge in [-0.2, -0.15) is 10.1 Å². The quantitative estimate of drug-likeness (QED) is 0.254. The molecule has 0 bridgehead atoms. The second-order valence-corrected chi connectivity index (χ2v) is 7.84. The first-order valence-corrected chi connectivity index (χ1v) is 10.4. The summed E-state index contributed by atoms with van der Waals surface area (Å²) in [4.78, 5) is 16.2. The van der Waals surface area contributed by atoms with Crippen LogP contribution in [-0.4, -0.2) is 33.1 Å². The summed E-state index contributed by atoms with van der Waals surface area (Å²) in [5.74, 6) is 0.366. The van der Waals surface area contributed by atoms with Gasteiger partial charge in [0, 0.05) is 17.1 Å². The van der Waals surface area contributed by atoms with Crippen molar-refractivity contribution >= 4 is 64.6 Å². The smallest absolute Gasteiger partial charge is 0.240 e. The van der Waals surface area contributed by atoms with Gasteiger partial charge in [0.25, 0.3) is 0 Å². The van der Waals surface area contributed by atoms with E-state index in [1.54, 1.807) is 30.5 Å². The molecule has 29 heavy (non-hydrogen) atoms. The van der Waals surface area contributed by atoms with E-state index in [0.29, 0.717) is 32.7 Å². The zero-order chi connectivity index (χ0) is 20.6. The predicted octanol–water partition coefficient (Wildman–Crippen LogP) is 4.62. The Labute approximate surface area is 186 Å². The number of amides is 1. The molecule has 0 aliphatic carbocycles. The van der Waals surface area contributed by atoms with E-state index in [0.717, 1.165) is 11.1 Å². The van der Waals surface area contributed by atoms with Crippen LogP contribution in [0.5, 0.6) is 0 Å². The van der Waals surface area contributed by atoms with E-state index in [2.05, 4.69) is 31.0 Å². The van der Waals surface area contributed by atoms with Crippen molar-refractivity contribution in [1.29, 1.82) is 0 Å². The molecular formula is C18H15Cl3N6OS. The number of aromatic amines is 1. The summed E-state index contributed by atoms with van der Waals surface area (Å²) in [7, 11) is 0. The molecule has 3 rings (SSSR count). The Bertz CT molecular complexity index is 1030. The fourth-order valence-corrected chi connectivity index (χ4v) is 3.27.